The van der Waals surface area contributed by atoms with Gasteiger partial charge in [0.05, 0.1) is 17.8 Å². The Morgan fingerprint density at radius 1 is 1.03 bits per heavy atom. The molecule has 200 valence electrons. The van der Waals surface area contributed by atoms with E-state index >= 15 is 0 Å². The third-order valence-electron chi connectivity index (χ3n) is 7.50. The van der Waals surface area contributed by atoms with E-state index in [-0.39, 0.29) is 18.0 Å². The minimum absolute atomic E-state index is 0.0241. The zero-order valence-electron chi connectivity index (χ0n) is 22.9. The average molecular weight is 538 g/mol. The molecular formula is C32H35N5OS. The molecule has 6 nitrogen and oxygen atoms in total. The first-order valence-electron chi connectivity index (χ1n) is 13.5. The molecular weight excluding hydrogens is 502 g/mol. The van der Waals surface area contributed by atoms with Gasteiger partial charge in [-0.25, -0.2) is 0 Å². The summed E-state index contributed by atoms with van der Waals surface area (Å²) >= 11 is 5.86. The van der Waals surface area contributed by atoms with Crippen LogP contribution in [0, 0.1) is 20.8 Å². The molecule has 5 rings (SSSR count). The quantitative estimate of drug-likeness (QED) is 0.256. The Morgan fingerprint density at radius 3 is 2.56 bits per heavy atom. The van der Waals surface area contributed by atoms with Crippen LogP contribution in [0.1, 0.15) is 59.2 Å². The zero-order valence-corrected chi connectivity index (χ0v) is 23.8. The van der Waals surface area contributed by atoms with Crippen LogP contribution in [0.4, 0.5) is 5.69 Å². The predicted molar refractivity (Wildman–Crippen MR) is 161 cm³/mol. The van der Waals surface area contributed by atoms with Gasteiger partial charge in [-0.15, -0.1) is 0 Å². The van der Waals surface area contributed by atoms with Gasteiger partial charge in [-0.1, -0.05) is 43.3 Å². The molecule has 1 aliphatic rings. The van der Waals surface area contributed by atoms with Gasteiger partial charge in [-0.2, -0.15) is 0 Å². The van der Waals surface area contributed by atoms with E-state index in [0.717, 1.165) is 40.4 Å². The molecule has 0 spiro atoms. The molecule has 7 heteroatoms. The van der Waals surface area contributed by atoms with E-state index in [1.165, 1.54) is 11.1 Å². The number of para-hydroxylation sites is 1. The second kappa shape index (κ2) is 11.4. The van der Waals surface area contributed by atoms with Crippen molar-refractivity contribution in [2.45, 2.75) is 52.6 Å². The SMILES string of the molecule is CCc1ccccc1NC(=O)CCN1C(=S)N[C@H](c2ccccn2)[C@@H]1c1cc(C)n(-c2cccc(C)c2)c1C. The van der Waals surface area contributed by atoms with Crippen molar-refractivity contribution < 1.29 is 4.79 Å². The highest BCUT2D eigenvalue weighted by Crippen LogP contribution is 2.41. The Bertz CT molecular complexity index is 1500. The Labute approximate surface area is 236 Å². The van der Waals surface area contributed by atoms with Crippen molar-refractivity contribution in [3.63, 3.8) is 0 Å². The van der Waals surface area contributed by atoms with E-state index in [2.05, 4.69) is 83.1 Å². The highest BCUT2D eigenvalue weighted by molar-refractivity contribution is 7.80. The van der Waals surface area contributed by atoms with E-state index in [9.17, 15) is 4.79 Å². The maximum absolute atomic E-state index is 13.1. The Morgan fingerprint density at radius 2 is 1.82 bits per heavy atom. The van der Waals surface area contributed by atoms with Crippen molar-refractivity contribution in [1.82, 2.24) is 19.8 Å². The summed E-state index contributed by atoms with van der Waals surface area (Å²) in [6.07, 6.45) is 3.00. The van der Waals surface area contributed by atoms with Gasteiger partial charge in [0.25, 0.3) is 0 Å². The molecule has 0 aliphatic carbocycles. The number of thiocarbonyl (C=S) groups is 1. The summed E-state index contributed by atoms with van der Waals surface area (Å²) in [7, 11) is 0. The molecule has 2 aromatic carbocycles. The van der Waals surface area contributed by atoms with Gasteiger partial charge >= 0.3 is 0 Å². The van der Waals surface area contributed by atoms with Crippen molar-refractivity contribution in [3.05, 3.63) is 113 Å². The second-order valence-electron chi connectivity index (χ2n) is 10.1. The Kier molecular flexibility index (Phi) is 7.79. The first-order valence-corrected chi connectivity index (χ1v) is 13.9. The maximum Gasteiger partial charge on any atom is 0.226 e. The summed E-state index contributed by atoms with van der Waals surface area (Å²) in [4.78, 5) is 19.9. The van der Waals surface area contributed by atoms with Gasteiger partial charge in [-0.3, -0.25) is 9.78 Å². The zero-order chi connectivity index (χ0) is 27.5. The Balaban J connectivity index is 1.47. The van der Waals surface area contributed by atoms with Crippen molar-refractivity contribution in [1.29, 1.82) is 0 Å². The Hall–Kier alpha value is -3.97. The number of aryl methyl sites for hydroxylation is 3. The first kappa shape index (κ1) is 26.6. The average Bonchev–Trinajstić information content (AvgIpc) is 3.42. The van der Waals surface area contributed by atoms with E-state index in [1.807, 2.05) is 48.7 Å². The van der Waals surface area contributed by atoms with Crippen LogP contribution in [0.2, 0.25) is 0 Å². The van der Waals surface area contributed by atoms with Crippen LogP contribution in [0.15, 0.2) is 79.0 Å². The lowest BCUT2D eigenvalue weighted by molar-refractivity contribution is -0.116. The molecule has 0 bridgehead atoms. The number of rotatable bonds is 8. The van der Waals surface area contributed by atoms with Crippen LogP contribution in [-0.4, -0.2) is 32.0 Å². The minimum atomic E-state index is -0.131. The number of carbonyl (C=O) groups excluding carboxylic acids is 1. The smallest absolute Gasteiger partial charge is 0.226 e. The highest BCUT2D eigenvalue weighted by atomic mass is 32.1. The number of amides is 1. The minimum Gasteiger partial charge on any atom is -0.352 e. The van der Waals surface area contributed by atoms with Crippen molar-refractivity contribution in [3.8, 4) is 5.69 Å². The topological polar surface area (TPSA) is 62.2 Å². The van der Waals surface area contributed by atoms with Crippen LogP contribution < -0.4 is 10.6 Å². The third-order valence-corrected chi connectivity index (χ3v) is 7.85. The molecule has 4 aromatic rings. The van der Waals surface area contributed by atoms with Gasteiger partial charge in [0.15, 0.2) is 5.11 Å². The fraction of sp³-hybridized carbons (Fsp3) is 0.281. The molecule has 0 radical (unpaired) electrons. The molecule has 39 heavy (non-hydrogen) atoms. The summed E-state index contributed by atoms with van der Waals surface area (Å²) in [6.45, 7) is 9.00. The second-order valence-corrected chi connectivity index (χ2v) is 10.5. The molecule has 2 aromatic heterocycles. The lowest BCUT2D eigenvalue weighted by Crippen LogP contribution is -2.33. The van der Waals surface area contributed by atoms with Crippen LogP contribution >= 0.6 is 12.2 Å². The van der Waals surface area contributed by atoms with Gasteiger partial charge in [0.1, 0.15) is 0 Å². The number of nitrogens with one attached hydrogen (secondary N) is 2. The summed E-state index contributed by atoms with van der Waals surface area (Å²) in [6, 6.07) is 24.5. The lowest BCUT2D eigenvalue weighted by atomic mass is 9.96. The summed E-state index contributed by atoms with van der Waals surface area (Å²) < 4.78 is 2.30. The number of nitrogens with zero attached hydrogens (tertiary/aromatic N) is 3. The van der Waals surface area contributed by atoms with Crippen LogP contribution in [0.25, 0.3) is 5.69 Å². The number of anilines is 1. The highest BCUT2D eigenvalue weighted by Gasteiger charge is 2.41. The number of pyridine rings is 1. The number of hydrogen-bond acceptors (Lipinski definition) is 3. The molecule has 1 saturated heterocycles. The van der Waals surface area contributed by atoms with Crippen LogP contribution in [0.3, 0.4) is 0 Å². The number of benzene rings is 2. The maximum atomic E-state index is 13.1. The largest absolute Gasteiger partial charge is 0.352 e. The molecule has 2 N–H and O–H groups in total. The van der Waals surface area contributed by atoms with Crippen LogP contribution in [-0.2, 0) is 11.2 Å². The van der Waals surface area contributed by atoms with E-state index < -0.39 is 0 Å². The molecule has 2 atom stereocenters. The van der Waals surface area contributed by atoms with E-state index in [4.69, 9.17) is 12.2 Å². The van der Waals surface area contributed by atoms with Crippen molar-refractivity contribution in [2.24, 2.45) is 0 Å². The first-order chi connectivity index (χ1) is 18.9. The van der Waals surface area contributed by atoms with Gasteiger partial charge in [0, 0.05) is 41.9 Å². The standard InChI is InChI=1S/C32H35N5OS/c1-5-24-12-6-7-14-27(24)34-29(38)16-18-36-31(30(35-32(36)39)28-15-8-9-17-33-28)26-20-22(3)37(23(26)4)25-13-10-11-21(2)19-25/h6-15,17,19-20,30-31H,5,16,18H2,1-4H3,(H,34,38)(H,35,39)/t30-,31+/m1/s1. The summed E-state index contributed by atoms with van der Waals surface area (Å²) in [5.41, 5.74) is 8.76. The van der Waals surface area contributed by atoms with Gasteiger partial charge in [-0.05, 0) is 92.5 Å². The fourth-order valence-electron chi connectivity index (χ4n) is 5.62. The molecule has 1 amide bonds. The molecule has 3 heterocycles. The van der Waals surface area contributed by atoms with E-state index in [1.54, 1.807) is 0 Å². The predicted octanol–water partition coefficient (Wildman–Crippen LogP) is 6.36. The third kappa shape index (κ3) is 5.45. The normalized spacial score (nSPS) is 16.8. The van der Waals surface area contributed by atoms with Gasteiger partial charge < -0.3 is 20.1 Å². The monoisotopic (exact) mass is 537 g/mol. The van der Waals surface area contributed by atoms with Crippen LogP contribution in [0.5, 0.6) is 0 Å². The van der Waals surface area contributed by atoms with E-state index in [0.29, 0.717) is 18.1 Å². The molecule has 0 unspecified atom stereocenters. The summed E-state index contributed by atoms with van der Waals surface area (Å²) in [5, 5.41) is 7.26. The summed E-state index contributed by atoms with van der Waals surface area (Å²) in [5.74, 6) is -0.0241. The van der Waals surface area contributed by atoms with Crippen molar-refractivity contribution >= 4 is 28.9 Å². The number of aromatic nitrogens is 2. The number of hydrogen-bond donors (Lipinski definition) is 2. The van der Waals surface area contributed by atoms with Gasteiger partial charge in [0.2, 0.25) is 5.91 Å². The fourth-order valence-corrected chi connectivity index (χ4v) is 5.95. The lowest BCUT2D eigenvalue weighted by Gasteiger charge is -2.28. The van der Waals surface area contributed by atoms with Crippen molar-refractivity contribution in [2.75, 3.05) is 11.9 Å². The molecule has 0 saturated carbocycles. The molecule has 1 fully saturated rings. The number of carbonyl (C=O) groups is 1. The molecule has 1 aliphatic heterocycles.